The van der Waals surface area contributed by atoms with E-state index in [0.717, 1.165) is 73.2 Å². The van der Waals surface area contributed by atoms with Gasteiger partial charge in [-0.3, -0.25) is 4.90 Å². The first-order chi connectivity index (χ1) is 17.7. The Balaban J connectivity index is 1.28. The standard InChI is InChI=1S/C29H31FN4OS/c1-35-24-12-11-22(30)18-21(24)19-33-13-15-34(16-14-33)28-27-23-9-5-6-10-25(23)36-29(27)32-26(31-28)17-20-7-3-2-4-8-20/h2-4,7-8,11-12,18H,5-6,9-10,13-17,19H2,1H3. The molecule has 0 atom stereocenters. The summed E-state index contributed by atoms with van der Waals surface area (Å²) in [5.41, 5.74) is 3.61. The molecule has 7 heteroatoms. The molecule has 0 bridgehead atoms. The summed E-state index contributed by atoms with van der Waals surface area (Å²) in [4.78, 5) is 17.7. The summed E-state index contributed by atoms with van der Waals surface area (Å²) >= 11 is 1.87. The van der Waals surface area contributed by atoms with Crippen molar-refractivity contribution in [1.29, 1.82) is 0 Å². The number of hydrogen-bond donors (Lipinski definition) is 0. The Hall–Kier alpha value is -3.03. The third-order valence-corrected chi connectivity index (χ3v) is 8.54. The maximum absolute atomic E-state index is 13.9. The minimum Gasteiger partial charge on any atom is -0.496 e. The van der Waals surface area contributed by atoms with Crippen LogP contribution in [0.3, 0.4) is 0 Å². The van der Waals surface area contributed by atoms with Crippen LogP contribution in [0.15, 0.2) is 48.5 Å². The first kappa shape index (κ1) is 23.4. The van der Waals surface area contributed by atoms with Crippen LogP contribution in [0.5, 0.6) is 5.75 Å². The van der Waals surface area contributed by atoms with Crippen molar-refractivity contribution in [3.63, 3.8) is 0 Å². The average Bonchev–Trinajstić information content (AvgIpc) is 3.28. The summed E-state index contributed by atoms with van der Waals surface area (Å²) in [5, 5.41) is 1.28. The molecule has 2 aromatic heterocycles. The van der Waals surface area contributed by atoms with E-state index >= 15 is 0 Å². The Morgan fingerprint density at radius 1 is 0.972 bits per heavy atom. The summed E-state index contributed by atoms with van der Waals surface area (Å²) in [7, 11) is 1.64. The average molecular weight is 503 g/mol. The van der Waals surface area contributed by atoms with Crippen molar-refractivity contribution in [2.24, 2.45) is 0 Å². The van der Waals surface area contributed by atoms with E-state index in [-0.39, 0.29) is 5.82 Å². The topological polar surface area (TPSA) is 41.5 Å². The molecule has 36 heavy (non-hydrogen) atoms. The highest BCUT2D eigenvalue weighted by Gasteiger charge is 2.26. The number of thiophene rings is 1. The quantitative estimate of drug-likeness (QED) is 0.342. The molecule has 4 aromatic rings. The molecule has 6 rings (SSSR count). The highest BCUT2D eigenvalue weighted by Crippen LogP contribution is 2.40. The van der Waals surface area contributed by atoms with Gasteiger partial charge in [-0.2, -0.15) is 0 Å². The van der Waals surface area contributed by atoms with Crippen LogP contribution < -0.4 is 9.64 Å². The third-order valence-electron chi connectivity index (χ3n) is 7.36. The lowest BCUT2D eigenvalue weighted by Gasteiger charge is -2.36. The molecule has 0 spiro atoms. The number of anilines is 1. The fraction of sp³-hybridized carbons (Fsp3) is 0.379. The van der Waals surface area contributed by atoms with E-state index < -0.39 is 0 Å². The summed E-state index contributed by atoms with van der Waals surface area (Å²) in [6, 6.07) is 15.2. The van der Waals surface area contributed by atoms with Gasteiger partial charge in [0, 0.05) is 49.6 Å². The van der Waals surface area contributed by atoms with Gasteiger partial charge in [-0.1, -0.05) is 30.3 Å². The van der Waals surface area contributed by atoms with Crippen LogP contribution in [0.25, 0.3) is 10.2 Å². The van der Waals surface area contributed by atoms with Gasteiger partial charge in [0.1, 0.15) is 28.0 Å². The van der Waals surface area contributed by atoms with Crippen molar-refractivity contribution in [2.45, 2.75) is 38.6 Å². The van der Waals surface area contributed by atoms with Crippen LogP contribution in [0.2, 0.25) is 0 Å². The molecule has 5 nitrogen and oxygen atoms in total. The molecular formula is C29H31FN4OS. The molecule has 1 aliphatic heterocycles. The van der Waals surface area contributed by atoms with Gasteiger partial charge in [0.15, 0.2) is 0 Å². The summed E-state index contributed by atoms with van der Waals surface area (Å²) in [5.74, 6) is 2.52. The predicted octanol–water partition coefficient (Wildman–Crippen LogP) is 5.63. The minimum absolute atomic E-state index is 0.221. The molecule has 1 saturated heterocycles. The van der Waals surface area contributed by atoms with E-state index in [0.29, 0.717) is 6.54 Å². The van der Waals surface area contributed by atoms with Crippen LogP contribution in [-0.2, 0) is 25.8 Å². The van der Waals surface area contributed by atoms with Gasteiger partial charge in [-0.25, -0.2) is 14.4 Å². The predicted molar refractivity (Wildman–Crippen MR) is 144 cm³/mol. The maximum Gasteiger partial charge on any atom is 0.141 e. The molecule has 186 valence electrons. The van der Waals surface area contributed by atoms with Crippen molar-refractivity contribution < 1.29 is 9.13 Å². The number of aryl methyl sites for hydroxylation is 2. The van der Waals surface area contributed by atoms with Gasteiger partial charge in [0.2, 0.25) is 0 Å². The second kappa shape index (κ2) is 10.1. The smallest absolute Gasteiger partial charge is 0.141 e. The number of fused-ring (bicyclic) bond motifs is 3. The van der Waals surface area contributed by atoms with Gasteiger partial charge in [-0.15, -0.1) is 11.3 Å². The van der Waals surface area contributed by atoms with E-state index in [4.69, 9.17) is 14.7 Å². The molecule has 0 N–H and O–H groups in total. The molecular weight excluding hydrogens is 471 g/mol. The Labute approximate surface area is 215 Å². The van der Waals surface area contributed by atoms with E-state index in [9.17, 15) is 4.39 Å². The molecule has 0 radical (unpaired) electrons. The number of methoxy groups -OCH3 is 1. The van der Waals surface area contributed by atoms with Gasteiger partial charge < -0.3 is 9.64 Å². The summed E-state index contributed by atoms with van der Waals surface area (Å²) < 4.78 is 19.3. The lowest BCUT2D eigenvalue weighted by molar-refractivity contribution is 0.245. The number of piperazine rings is 1. The van der Waals surface area contributed by atoms with Gasteiger partial charge in [0.05, 0.1) is 12.5 Å². The Bertz CT molecular complexity index is 1360. The second-order valence-corrected chi connectivity index (χ2v) is 10.8. The second-order valence-electron chi connectivity index (χ2n) is 9.74. The molecule has 2 aromatic carbocycles. The highest BCUT2D eigenvalue weighted by atomic mass is 32.1. The molecule has 3 heterocycles. The van der Waals surface area contributed by atoms with Gasteiger partial charge in [0.25, 0.3) is 0 Å². The molecule has 2 aliphatic rings. The normalized spacial score (nSPS) is 16.3. The Morgan fingerprint density at radius 2 is 1.78 bits per heavy atom. The van der Waals surface area contributed by atoms with Crippen LogP contribution >= 0.6 is 11.3 Å². The number of benzene rings is 2. The largest absolute Gasteiger partial charge is 0.496 e. The fourth-order valence-electron chi connectivity index (χ4n) is 5.50. The summed E-state index contributed by atoms with van der Waals surface area (Å²) in [6.07, 6.45) is 5.54. The van der Waals surface area contributed by atoms with E-state index in [1.165, 1.54) is 40.3 Å². The zero-order valence-electron chi connectivity index (χ0n) is 20.7. The molecule has 1 fully saturated rings. The van der Waals surface area contributed by atoms with Crippen molar-refractivity contribution in [2.75, 3.05) is 38.2 Å². The minimum atomic E-state index is -0.221. The number of aromatic nitrogens is 2. The van der Waals surface area contributed by atoms with Gasteiger partial charge >= 0.3 is 0 Å². The lowest BCUT2D eigenvalue weighted by Crippen LogP contribution is -2.46. The van der Waals surface area contributed by atoms with Crippen molar-refractivity contribution in [3.05, 3.63) is 81.7 Å². The fourth-order valence-corrected chi connectivity index (χ4v) is 6.77. The SMILES string of the molecule is COc1ccc(F)cc1CN1CCN(c2nc(Cc3ccccc3)nc3sc4c(c23)CCCC4)CC1. The number of ether oxygens (including phenoxy) is 1. The molecule has 1 aliphatic carbocycles. The first-order valence-corrected chi connectivity index (χ1v) is 13.6. The van der Waals surface area contributed by atoms with E-state index in [2.05, 4.69) is 34.1 Å². The van der Waals surface area contributed by atoms with Crippen LogP contribution in [0, 0.1) is 5.82 Å². The van der Waals surface area contributed by atoms with E-state index in [1.807, 2.05) is 17.4 Å². The maximum atomic E-state index is 13.9. The van der Waals surface area contributed by atoms with E-state index in [1.54, 1.807) is 19.2 Å². The number of halogens is 1. The van der Waals surface area contributed by atoms with Gasteiger partial charge in [-0.05, 0) is 55.0 Å². The van der Waals surface area contributed by atoms with Crippen LogP contribution in [0.4, 0.5) is 10.2 Å². The Kier molecular flexibility index (Phi) is 6.59. The van der Waals surface area contributed by atoms with Crippen LogP contribution in [0.1, 0.15) is 40.2 Å². The number of hydrogen-bond acceptors (Lipinski definition) is 6. The summed E-state index contributed by atoms with van der Waals surface area (Å²) in [6.45, 7) is 4.25. The molecule has 0 amide bonds. The van der Waals surface area contributed by atoms with Crippen molar-refractivity contribution in [1.82, 2.24) is 14.9 Å². The van der Waals surface area contributed by atoms with Crippen molar-refractivity contribution >= 4 is 27.4 Å². The lowest BCUT2D eigenvalue weighted by atomic mass is 9.96. The first-order valence-electron chi connectivity index (χ1n) is 12.8. The van der Waals surface area contributed by atoms with Crippen LogP contribution in [-0.4, -0.2) is 48.2 Å². The van der Waals surface area contributed by atoms with Crippen molar-refractivity contribution in [3.8, 4) is 5.75 Å². The third kappa shape index (κ3) is 4.70. The molecule has 0 saturated carbocycles. The number of rotatable bonds is 6. The highest BCUT2D eigenvalue weighted by molar-refractivity contribution is 7.19. The zero-order chi connectivity index (χ0) is 24.5. The number of nitrogens with zero attached hydrogens (tertiary/aromatic N) is 4. The Morgan fingerprint density at radius 3 is 2.58 bits per heavy atom. The molecule has 0 unspecified atom stereocenters. The zero-order valence-corrected chi connectivity index (χ0v) is 21.5. The monoisotopic (exact) mass is 502 g/mol.